The highest BCUT2D eigenvalue weighted by molar-refractivity contribution is 4.99. The van der Waals surface area contributed by atoms with Crippen LogP contribution in [0, 0.1) is 5.41 Å². The van der Waals surface area contributed by atoms with Gasteiger partial charge in [0.1, 0.15) is 0 Å². The lowest BCUT2D eigenvalue weighted by molar-refractivity contribution is -0.124. The maximum atomic E-state index is 9.57. The van der Waals surface area contributed by atoms with Gasteiger partial charge in [-0.3, -0.25) is 0 Å². The van der Waals surface area contributed by atoms with E-state index in [0.717, 1.165) is 32.5 Å². The van der Waals surface area contributed by atoms with Gasteiger partial charge in [0.2, 0.25) is 0 Å². The average Bonchev–Trinajstić information content (AvgIpc) is 2.44. The summed E-state index contributed by atoms with van der Waals surface area (Å²) < 4.78 is 5.10. The van der Waals surface area contributed by atoms with Crippen molar-refractivity contribution < 1.29 is 9.84 Å². The molecule has 2 fully saturated rings. The lowest BCUT2D eigenvalue weighted by Crippen LogP contribution is -2.42. The Bertz CT molecular complexity index is 145. The van der Waals surface area contributed by atoms with Gasteiger partial charge in [-0.05, 0) is 19.3 Å². The maximum absolute atomic E-state index is 9.57. The molecule has 1 N–H and O–H groups in total. The Morgan fingerprint density at radius 3 is 2.30 bits per heavy atom. The Morgan fingerprint density at radius 2 is 2.00 bits per heavy atom. The first kappa shape index (κ1) is 6.62. The molecule has 0 unspecified atom stereocenters. The molecule has 1 saturated carbocycles. The molecule has 1 aliphatic heterocycles. The Morgan fingerprint density at radius 1 is 1.40 bits per heavy atom. The van der Waals surface area contributed by atoms with E-state index in [9.17, 15) is 5.11 Å². The van der Waals surface area contributed by atoms with E-state index < -0.39 is 0 Å². The van der Waals surface area contributed by atoms with Crippen LogP contribution in [-0.4, -0.2) is 23.9 Å². The van der Waals surface area contributed by atoms with Crippen LogP contribution < -0.4 is 0 Å². The molecule has 0 aromatic heterocycles. The van der Waals surface area contributed by atoms with Crippen molar-refractivity contribution in [2.75, 3.05) is 13.2 Å². The average molecular weight is 142 g/mol. The van der Waals surface area contributed by atoms with Crippen LogP contribution in [0.1, 0.15) is 26.2 Å². The molecule has 0 spiro atoms. The molecule has 1 aliphatic carbocycles. The van der Waals surface area contributed by atoms with Gasteiger partial charge in [-0.25, -0.2) is 0 Å². The maximum Gasteiger partial charge on any atom is 0.0656 e. The molecule has 0 bridgehead atoms. The quantitative estimate of drug-likeness (QED) is 0.621. The second-order valence-electron chi connectivity index (χ2n) is 4.20. The number of rotatable bonds is 2. The van der Waals surface area contributed by atoms with E-state index >= 15 is 0 Å². The minimum atomic E-state index is -0.293. The molecule has 58 valence electrons. The third kappa shape index (κ3) is 1.06. The highest BCUT2D eigenvalue weighted by Gasteiger charge is 2.48. The van der Waals surface area contributed by atoms with Crippen molar-refractivity contribution in [1.29, 1.82) is 0 Å². The van der Waals surface area contributed by atoms with Gasteiger partial charge in [0.05, 0.1) is 18.8 Å². The second-order valence-corrected chi connectivity index (χ2v) is 4.20. The first-order valence-corrected chi connectivity index (χ1v) is 3.92. The molecule has 0 atom stereocenters. The Hall–Kier alpha value is -0.0800. The molecule has 1 heterocycles. The second kappa shape index (κ2) is 1.74. The van der Waals surface area contributed by atoms with Crippen molar-refractivity contribution in [2.24, 2.45) is 5.41 Å². The molecule has 0 radical (unpaired) electrons. The van der Waals surface area contributed by atoms with E-state index in [-0.39, 0.29) is 5.60 Å². The van der Waals surface area contributed by atoms with Gasteiger partial charge in [0.15, 0.2) is 0 Å². The third-order valence-corrected chi connectivity index (χ3v) is 2.48. The summed E-state index contributed by atoms with van der Waals surface area (Å²) in [7, 11) is 0. The van der Waals surface area contributed by atoms with E-state index in [1.54, 1.807) is 0 Å². The fourth-order valence-corrected chi connectivity index (χ4v) is 1.67. The van der Waals surface area contributed by atoms with E-state index in [1.165, 1.54) is 0 Å². The Kier molecular flexibility index (Phi) is 1.15. The lowest BCUT2D eigenvalue weighted by atomic mass is 9.82. The van der Waals surface area contributed by atoms with Crippen LogP contribution in [0.2, 0.25) is 0 Å². The van der Waals surface area contributed by atoms with Gasteiger partial charge in [0.25, 0.3) is 0 Å². The zero-order valence-corrected chi connectivity index (χ0v) is 6.39. The number of hydrogen-bond acceptors (Lipinski definition) is 2. The molecule has 2 rings (SSSR count). The minimum Gasteiger partial charge on any atom is -0.390 e. The smallest absolute Gasteiger partial charge is 0.0656 e. The van der Waals surface area contributed by atoms with Crippen molar-refractivity contribution in [1.82, 2.24) is 0 Å². The number of hydrogen-bond donors (Lipinski definition) is 1. The zero-order valence-electron chi connectivity index (χ0n) is 6.39. The molecule has 2 aliphatic rings. The molecule has 10 heavy (non-hydrogen) atoms. The van der Waals surface area contributed by atoms with Crippen LogP contribution in [0.15, 0.2) is 0 Å². The van der Waals surface area contributed by atoms with Gasteiger partial charge < -0.3 is 9.84 Å². The van der Waals surface area contributed by atoms with E-state index in [2.05, 4.69) is 6.92 Å². The summed E-state index contributed by atoms with van der Waals surface area (Å²) >= 11 is 0. The molecule has 0 aromatic carbocycles. The van der Waals surface area contributed by atoms with Crippen LogP contribution >= 0.6 is 0 Å². The predicted octanol–water partition coefficient (Wildman–Crippen LogP) is 0.938. The van der Waals surface area contributed by atoms with Crippen LogP contribution in [0.25, 0.3) is 0 Å². The molecule has 2 nitrogen and oxygen atoms in total. The van der Waals surface area contributed by atoms with Gasteiger partial charge >= 0.3 is 0 Å². The first-order valence-electron chi connectivity index (χ1n) is 3.92. The van der Waals surface area contributed by atoms with Crippen molar-refractivity contribution in [3.63, 3.8) is 0 Å². The summed E-state index contributed by atoms with van der Waals surface area (Å²) in [6.07, 6.45) is 2.95. The van der Waals surface area contributed by atoms with Crippen molar-refractivity contribution >= 4 is 0 Å². The van der Waals surface area contributed by atoms with Crippen LogP contribution in [0.3, 0.4) is 0 Å². The largest absolute Gasteiger partial charge is 0.390 e. The van der Waals surface area contributed by atoms with Crippen LogP contribution in [0.4, 0.5) is 0 Å². The van der Waals surface area contributed by atoms with Crippen molar-refractivity contribution in [3.8, 4) is 0 Å². The van der Waals surface area contributed by atoms with E-state index in [1.807, 2.05) is 0 Å². The van der Waals surface area contributed by atoms with Crippen LogP contribution in [-0.2, 0) is 4.74 Å². The molecule has 0 amide bonds. The summed E-state index contributed by atoms with van der Waals surface area (Å²) in [4.78, 5) is 0. The van der Waals surface area contributed by atoms with Gasteiger partial charge in [-0.2, -0.15) is 0 Å². The lowest BCUT2D eigenvalue weighted by Gasteiger charge is -2.39. The standard InChI is InChI=1S/C8H14O2/c1-7(5-10-6-7)4-8(9)2-3-8/h9H,2-6H2,1H3. The highest BCUT2D eigenvalue weighted by Crippen LogP contribution is 2.47. The third-order valence-electron chi connectivity index (χ3n) is 2.48. The highest BCUT2D eigenvalue weighted by atomic mass is 16.5. The first-order chi connectivity index (χ1) is 4.62. The monoisotopic (exact) mass is 142 g/mol. The Balaban J connectivity index is 1.89. The summed E-state index contributed by atoms with van der Waals surface area (Å²) in [6.45, 7) is 3.87. The summed E-state index contributed by atoms with van der Waals surface area (Å²) in [6, 6.07) is 0. The van der Waals surface area contributed by atoms with Gasteiger partial charge in [-0.1, -0.05) is 6.92 Å². The normalized spacial score (nSPS) is 33.0. The Labute approximate surface area is 61.2 Å². The molecular weight excluding hydrogens is 128 g/mol. The fraction of sp³-hybridized carbons (Fsp3) is 1.00. The molecule has 0 aromatic rings. The van der Waals surface area contributed by atoms with Crippen molar-refractivity contribution in [2.45, 2.75) is 31.8 Å². The SMILES string of the molecule is CC1(CC2(O)CC2)COC1. The van der Waals surface area contributed by atoms with Gasteiger partial charge in [-0.15, -0.1) is 0 Å². The van der Waals surface area contributed by atoms with Crippen molar-refractivity contribution in [3.05, 3.63) is 0 Å². The predicted molar refractivity (Wildman–Crippen MR) is 37.7 cm³/mol. The van der Waals surface area contributed by atoms with Crippen LogP contribution in [0.5, 0.6) is 0 Å². The molecule has 1 saturated heterocycles. The number of aliphatic hydroxyl groups is 1. The van der Waals surface area contributed by atoms with Gasteiger partial charge in [0, 0.05) is 5.41 Å². The summed E-state index contributed by atoms with van der Waals surface area (Å²) in [5, 5.41) is 9.57. The topological polar surface area (TPSA) is 29.5 Å². The zero-order chi connectivity index (χ0) is 7.24. The summed E-state index contributed by atoms with van der Waals surface area (Å²) in [5.74, 6) is 0. The van der Waals surface area contributed by atoms with E-state index in [0.29, 0.717) is 5.41 Å². The minimum absolute atomic E-state index is 0.293. The molecular formula is C8H14O2. The summed E-state index contributed by atoms with van der Waals surface area (Å²) in [5.41, 5.74) is 0.00375. The fourth-order valence-electron chi connectivity index (χ4n) is 1.67. The number of ether oxygens (including phenoxy) is 1. The van der Waals surface area contributed by atoms with E-state index in [4.69, 9.17) is 4.74 Å². The molecule has 2 heteroatoms.